The highest BCUT2D eigenvalue weighted by molar-refractivity contribution is 6.29. The molecule has 0 aliphatic heterocycles. The van der Waals surface area contributed by atoms with Crippen molar-refractivity contribution in [1.29, 1.82) is 0 Å². The first-order valence-corrected chi connectivity index (χ1v) is 3.28. The van der Waals surface area contributed by atoms with Gasteiger partial charge < -0.3 is 5.32 Å². The van der Waals surface area contributed by atoms with Crippen molar-refractivity contribution in [2.75, 3.05) is 6.54 Å². The Balaban J connectivity index is 3.50. The summed E-state index contributed by atoms with van der Waals surface area (Å²) >= 11 is 5.39. The highest BCUT2D eigenvalue weighted by Gasteiger charge is 1.92. The Bertz CT molecular complexity index is 163. The standard InChI is InChI=1S/C7H10ClNO/c1-3-4-7(10)9-5-6(2)8/h3-4H,2,5H2,1H3,(H,9,10)/b4-3+. The van der Waals surface area contributed by atoms with E-state index in [4.69, 9.17) is 11.6 Å². The molecule has 0 aliphatic rings. The molecule has 0 aromatic heterocycles. The molecule has 0 unspecified atom stereocenters. The summed E-state index contributed by atoms with van der Waals surface area (Å²) in [5.74, 6) is -0.149. The second kappa shape index (κ2) is 5.06. The lowest BCUT2D eigenvalue weighted by Crippen LogP contribution is -2.21. The number of amides is 1. The van der Waals surface area contributed by atoms with Crippen LogP contribution in [0.5, 0.6) is 0 Å². The van der Waals surface area contributed by atoms with Gasteiger partial charge in [0.25, 0.3) is 0 Å². The Kier molecular flexibility index (Phi) is 4.67. The molecule has 0 fully saturated rings. The second-order valence-corrected chi connectivity index (χ2v) is 2.27. The molecule has 56 valence electrons. The van der Waals surface area contributed by atoms with Gasteiger partial charge in [-0.2, -0.15) is 0 Å². The average molecular weight is 160 g/mol. The monoisotopic (exact) mass is 159 g/mol. The van der Waals surface area contributed by atoms with E-state index in [9.17, 15) is 4.79 Å². The Morgan fingerprint density at radius 1 is 1.80 bits per heavy atom. The number of rotatable bonds is 3. The molecule has 0 bridgehead atoms. The van der Waals surface area contributed by atoms with Gasteiger partial charge in [-0.25, -0.2) is 0 Å². The molecular weight excluding hydrogens is 150 g/mol. The molecule has 3 heteroatoms. The molecule has 2 nitrogen and oxygen atoms in total. The summed E-state index contributed by atoms with van der Waals surface area (Å²) in [6.45, 7) is 5.51. The number of allylic oxidation sites excluding steroid dienone is 1. The summed E-state index contributed by atoms with van der Waals surface area (Å²) in [6.07, 6.45) is 3.09. The third-order valence-electron chi connectivity index (χ3n) is 0.772. The van der Waals surface area contributed by atoms with Gasteiger partial charge in [-0.1, -0.05) is 24.3 Å². The minimum absolute atomic E-state index is 0.149. The topological polar surface area (TPSA) is 29.1 Å². The fraction of sp³-hybridized carbons (Fsp3) is 0.286. The number of nitrogens with one attached hydrogen (secondary N) is 1. The van der Waals surface area contributed by atoms with E-state index in [2.05, 4.69) is 11.9 Å². The predicted octanol–water partition coefficient (Wildman–Crippen LogP) is 1.43. The van der Waals surface area contributed by atoms with Gasteiger partial charge in [0.15, 0.2) is 0 Å². The van der Waals surface area contributed by atoms with Crippen molar-refractivity contribution in [2.24, 2.45) is 0 Å². The van der Waals surface area contributed by atoms with Crippen LogP contribution in [-0.2, 0) is 4.79 Å². The Hall–Kier alpha value is -0.760. The van der Waals surface area contributed by atoms with Gasteiger partial charge in [0.2, 0.25) is 5.91 Å². The summed E-state index contributed by atoms with van der Waals surface area (Å²) in [6, 6.07) is 0. The van der Waals surface area contributed by atoms with Crippen molar-refractivity contribution in [3.8, 4) is 0 Å². The molecular formula is C7H10ClNO. The largest absolute Gasteiger partial charge is 0.348 e. The Morgan fingerprint density at radius 3 is 2.80 bits per heavy atom. The first kappa shape index (κ1) is 9.24. The lowest BCUT2D eigenvalue weighted by molar-refractivity contribution is -0.116. The van der Waals surface area contributed by atoms with Gasteiger partial charge in [-0.15, -0.1) is 0 Å². The van der Waals surface area contributed by atoms with Gasteiger partial charge in [-0.3, -0.25) is 4.79 Å². The summed E-state index contributed by atoms with van der Waals surface area (Å²) < 4.78 is 0. The summed E-state index contributed by atoms with van der Waals surface area (Å²) in [5.41, 5.74) is 0. The SMILES string of the molecule is C=C(Cl)CNC(=O)/C=C/C. The van der Waals surface area contributed by atoms with Gasteiger partial charge >= 0.3 is 0 Å². The molecule has 1 N–H and O–H groups in total. The minimum Gasteiger partial charge on any atom is -0.348 e. The molecule has 0 aromatic carbocycles. The molecule has 0 atom stereocenters. The Labute approximate surface area is 65.6 Å². The van der Waals surface area contributed by atoms with E-state index >= 15 is 0 Å². The van der Waals surface area contributed by atoms with E-state index in [0.29, 0.717) is 11.6 Å². The lowest BCUT2D eigenvalue weighted by Gasteiger charge is -1.97. The van der Waals surface area contributed by atoms with Crippen molar-refractivity contribution >= 4 is 17.5 Å². The van der Waals surface area contributed by atoms with Gasteiger partial charge in [0.1, 0.15) is 0 Å². The third-order valence-corrected chi connectivity index (χ3v) is 0.906. The van der Waals surface area contributed by atoms with Crippen LogP contribution in [0.1, 0.15) is 6.92 Å². The van der Waals surface area contributed by atoms with Crippen LogP contribution in [0.2, 0.25) is 0 Å². The van der Waals surface area contributed by atoms with Crippen molar-refractivity contribution in [1.82, 2.24) is 5.32 Å². The van der Waals surface area contributed by atoms with E-state index in [-0.39, 0.29) is 5.91 Å². The van der Waals surface area contributed by atoms with Crippen molar-refractivity contribution in [2.45, 2.75) is 6.92 Å². The minimum atomic E-state index is -0.149. The van der Waals surface area contributed by atoms with Crippen LogP contribution in [0.4, 0.5) is 0 Å². The fourth-order valence-electron chi connectivity index (χ4n) is 0.393. The zero-order chi connectivity index (χ0) is 7.98. The molecule has 0 aliphatic carbocycles. The number of halogens is 1. The summed E-state index contributed by atoms with van der Waals surface area (Å²) in [7, 11) is 0. The first-order chi connectivity index (χ1) is 4.66. The maximum atomic E-state index is 10.6. The maximum absolute atomic E-state index is 10.6. The van der Waals surface area contributed by atoms with Crippen LogP contribution in [0.3, 0.4) is 0 Å². The lowest BCUT2D eigenvalue weighted by atomic mass is 10.5. The molecule has 0 spiro atoms. The molecule has 1 amide bonds. The zero-order valence-electron chi connectivity index (χ0n) is 5.86. The van der Waals surface area contributed by atoms with Crippen molar-refractivity contribution < 1.29 is 4.79 Å². The zero-order valence-corrected chi connectivity index (χ0v) is 6.61. The normalized spacial score (nSPS) is 9.80. The van der Waals surface area contributed by atoms with E-state index in [1.165, 1.54) is 6.08 Å². The number of hydrogen-bond donors (Lipinski definition) is 1. The van der Waals surface area contributed by atoms with Crippen LogP contribution < -0.4 is 5.32 Å². The summed E-state index contributed by atoms with van der Waals surface area (Å²) in [5, 5.41) is 2.95. The predicted molar refractivity (Wildman–Crippen MR) is 42.8 cm³/mol. The van der Waals surface area contributed by atoms with Crippen LogP contribution >= 0.6 is 11.6 Å². The third kappa shape index (κ3) is 5.38. The highest BCUT2D eigenvalue weighted by atomic mass is 35.5. The van der Waals surface area contributed by atoms with E-state index in [0.717, 1.165) is 0 Å². The smallest absolute Gasteiger partial charge is 0.243 e. The average Bonchev–Trinajstić information content (AvgIpc) is 1.85. The molecule has 0 saturated carbocycles. The van der Waals surface area contributed by atoms with Crippen LogP contribution in [0, 0.1) is 0 Å². The Morgan fingerprint density at radius 2 is 2.40 bits per heavy atom. The second-order valence-electron chi connectivity index (χ2n) is 1.74. The van der Waals surface area contributed by atoms with Gasteiger partial charge in [0, 0.05) is 5.03 Å². The van der Waals surface area contributed by atoms with E-state index in [1.807, 2.05) is 0 Å². The van der Waals surface area contributed by atoms with Gasteiger partial charge in [-0.05, 0) is 13.0 Å². The van der Waals surface area contributed by atoms with E-state index in [1.54, 1.807) is 13.0 Å². The molecule has 0 radical (unpaired) electrons. The van der Waals surface area contributed by atoms with E-state index < -0.39 is 0 Å². The van der Waals surface area contributed by atoms with Gasteiger partial charge in [0.05, 0.1) is 6.54 Å². The number of carbonyl (C=O) groups is 1. The van der Waals surface area contributed by atoms with Crippen LogP contribution in [0.15, 0.2) is 23.8 Å². The number of carbonyl (C=O) groups excluding carboxylic acids is 1. The quantitative estimate of drug-likeness (QED) is 0.621. The van der Waals surface area contributed by atoms with Crippen molar-refractivity contribution in [3.05, 3.63) is 23.8 Å². The number of hydrogen-bond acceptors (Lipinski definition) is 1. The molecule has 0 saturated heterocycles. The molecule has 0 rings (SSSR count). The molecule has 0 aromatic rings. The maximum Gasteiger partial charge on any atom is 0.243 e. The molecule has 10 heavy (non-hydrogen) atoms. The fourth-order valence-corrected chi connectivity index (χ4v) is 0.460. The van der Waals surface area contributed by atoms with Crippen LogP contribution in [-0.4, -0.2) is 12.5 Å². The summed E-state index contributed by atoms with van der Waals surface area (Å²) in [4.78, 5) is 10.6. The molecule has 0 heterocycles. The van der Waals surface area contributed by atoms with Crippen LogP contribution in [0.25, 0.3) is 0 Å². The first-order valence-electron chi connectivity index (χ1n) is 2.90. The van der Waals surface area contributed by atoms with Crippen molar-refractivity contribution in [3.63, 3.8) is 0 Å². The highest BCUT2D eigenvalue weighted by Crippen LogP contribution is 1.91.